The molecule has 0 aliphatic heterocycles. The Labute approximate surface area is 129 Å². The van der Waals surface area contributed by atoms with Crippen LogP contribution in [0, 0.1) is 0 Å². The van der Waals surface area contributed by atoms with Gasteiger partial charge in [0.2, 0.25) is 5.91 Å². The number of hydrogen-bond donors (Lipinski definition) is 2. The van der Waals surface area contributed by atoms with Gasteiger partial charge < -0.3 is 10.4 Å². The molecule has 7 nitrogen and oxygen atoms in total. The number of benzene rings is 1. The normalized spacial score (nSPS) is 10.4. The molecule has 21 heavy (non-hydrogen) atoms. The summed E-state index contributed by atoms with van der Waals surface area (Å²) in [6, 6.07) is 7.13. The van der Waals surface area contributed by atoms with E-state index in [1.807, 2.05) is 12.1 Å². The van der Waals surface area contributed by atoms with Gasteiger partial charge in [0, 0.05) is 10.2 Å². The summed E-state index contributed by atoms with van der Waals surface area (Å²) >= 11 is 3.31. The van der Waals surface area contributed by atoms with Crippen molar-refractivity contribution in [3.63, 3.8) is 0 Å². The largest absolute Gasteiger partial charge is 0.476 e. The average Bonchev–Trinajstić information content (AvgIpc) is 2.84. The second kappa shape index (κ2) is 6.49. The van der Waals surface area contributed by atoms with Crippen molar-refractivity contribution >= 4 is 33.5 Å². The van der Waals surface area contributed by atoms with E-state index in [-0.39, 0.29) is 18.1 Å². The first-order valence-electron chi connectivity index (χ1n) is 6.22. The number of anilines is 1. The zero-order valence-electron chi connectivity index (χ0n) is 11.2. The van der Waals surface area contributed by atoms with Gasteiger partial charge in [0.25, 0.3) is 0 Å². The van der Waals surface area contributed by atoms with Crippen LogP contribution in [0.3, 0.4) is 0 Å². The van der Waals surface area contributed by atoms with Crippen LogP contribution in [0.2, 0.25) is 0 Å². The third-order valence-electron chi connectivity index (χ3n) is 2.80. The molecule has 0 aliphatic rings. The number of halogens is 1. The van der Waals surface area contributed by atoms with E-state index >= 15 is 0 Å². The van der Waals surface area contributed by atoms with Crippen LogP contribution in [-0.2, 0) is 17.8 Å². The molecule has 0 atom stereocenters. The van der Waals surface area contributed by atoms with E-state index in [0.29, 0.717) is 17.8 Å². The third-order valence-corrected chi connectivity index (χ3v) is 3.33. The number of nitrogens with one attached hydrogen (secondary N) is 1. The maximum atomic E-state index is 12.0. The van der Waals surface area contributed by atoms with Crippen LogP contribution in [0.15, 0.2) is 28.7 Å². The Morgan fingerprint density at radius 1 is 1.33 bits per heavy atom. The van der Waals surface area contributed by atoms with E-state index in [0.717, 1.165) is 4.47 Å². The summed E-state index contributed by atoms with van der Waals surface area (Å²) in [4.78, 5) is 22.9. The van der Waals surface area contributed by atoms with Gasteiger partial charge in [-0.25, -0.2) is 9.48 Å². The highest BCUT2D eigenvalue weighted by Crippen LogP contribution is 2.14. The number of carbonyl (C=O) groups is 2. The number of carbonyl (C=O) groups excluding carboxylic acids is 1. The summed E-state index contributed by atoms with van der Waals surface area (Å²) in [6.07, 6.45) is 0.431. The second-order valence-electron chi connectivity index (χ2n) is 4.26. The summed E-state index contributed by atoms with van der Waals surface area (Å²) in [6.45, 7) is 1.70. The summed E-state index contributed by atoms with van der Waals surface area (Å²) in [7, 11) is 0. The van der Waals surface area contributed by atoms with Crippen molar-refractivity contribution in [2.45, 2.75) is 19.9 Å². The Balaban J connectivity index is 2.09. The first kappa shape index (κ1) is 15.2. The Hall–Kier alpha value is -2.22. The van der Waals surface area contributed by atoms with Crippen LogP contribution < -0.4 is 5.32 Å². The van der Waals surface area contributed by atoms with Gasteiger partial charge in [0.15, 0.2) is 5.69 Å². The molecule has 0 spiro atoms. The zero-order chi connectivity index (χ0) is 15.4. The molecule has 8 heteroatoms. The molecule has 0 radical (unpaired) electrons. The third kappa shape index (κ3) is 3.66. The number of rotatable bonds is 5. The van der Waals surface area contributed by atoms with E-state index in [2.05, 4.69) is 31.6 Å². The van der Waals surface area contributed by atoms with E-state index in [4.69, 9.17) is 5.11 Å². The van der Waals surface area contributed by atoms with Gasteiger partial charge in [-0.15, -0.1) is 5.10 Å². The van der Waals surface area contributed by atoms with Crippen LogP contribution >= 0.6 is 15.9 Å². The molecule has 0 bridgehead atoms. The smallest absolute Gasteiger partial charge is 0.358 e. The first-order chi connectivity index (χ1) is 10.0. The lowest BCUT2D eigenvalue weighted by molar-refractivity contribution is -0.117. The van der Waals surface area contributed by atoms with E-state index in [1.54, 1.807) is 19.1 Å². The lowest BCUT2D eigenvalue weighted by Gasteiger charge is -2.07. The number of carboxylic acids is 1. The standard InChI is InChI=1S/C13H13BrN4O3/c1-2-10-12(13(20)21)16-17-18(10)7-11(19)15-9-5-3-8(14)4-6-9/h3-6H,2,7H2,1H3,(H,15,19)(H,20,21). The topological polar surface area (TPSA) is 97.1 Å². The SMILES string of the molecule is CCc1c(C(=O)O)nnn1CC(=O)Nc1ccc(Br)cc1. The molecule has 0 saturated carbocycles. The van der Waals surface area contributed by atoms with Crippen molar-refractivity contribution in [1.82, 2.24) is 15.0 Å². The van der Waals surface area contributed by atoms with Crippen molar-refractivity contribution in [3.05, 3.63) is 40.1 Å². The lowest BCUT2D eigenvalue weighted by Crippen LogP contribution is -2.21. The summed E-state index contributed by atoms with van der Waals surface area (Å²) in [5.74, 6) is -1.44. The molecule has 2 aromatic rings. The van der Waals surface area contributed by atoms with Gasteiger partial charge in [-0.3, -0.25) is 4.79 Å². The molecule has 2 N–H and O–H groups in total. The predicted molar refractivity (Wildman–Crippen MR) is 79.1 cm³/mol. The van der Waals surface area contributed by atoms with E-state index in [1.165, 1.54) is 4.68 Å². The van der Waals surface area contributed by atoms with Gasteiger partial charge >= 0.3 is 5.97 Å². The van der Waals surface area contributed by atoms with Crippen molar-refractivity contribution in [1.29, 1.82) is 0 Å². The quantitative estimate of drug-likeness (QED) is 0.856. The first-order valence-corrected chi connectivity index (χ1v) is 7.01. The molecule has 1 amide bonds. The maximum absolute atomic E-state index is 12.0. The Kier molecular flexibility index (Phi) is 4.69. The minimum atomic E-state index is -1.15. The van der Waals surface area contributed by atoms with Crippen molar-refractivity contribution < 1.29 is 14.7 Å². The molecular formula is C13H13BrN4O3. The minimum Gasteiger partial charge on any atom is -0.476 e. The van der Waals surface area contributed by atoms with Crippen molar-refractivity contribution in [2.75, 3.05) is 5.32 Å². The fourth-order valence-electron chi connectivity index (χ4n) is 1.85. The van der Waals surface area contributed by atoms with Crippen molar-refractivity contribution in [3.8, 4) is 0 Å². The number of nitrogens with zero attached hydrogens (tertiary/aromatic N) is 3. The maximum Gasteiger partial charge on any atom is 0.358 e. The minimum absolute atomic E-state index is 0.0838. The molecule has 110 valence electrons. The highest BCUT2D eigenvalue weighted by molar-refractivity contribution is 9.10. The summed E-state index contributed by atoms with van der Waals surface area (Å²) in [5, 5.41) is 19.0. The second-order valence-corrected chi connectivity index (χ2v) is 5.17. The molecule has 1 aromatic carbocycles. The highest BCUT2D eigenvalue weighted by atomic mass is 79.9. The van der Waals surface area contributed by atoms with Crippen LogP contribution in [-0.4, -0.2) is 32.0 Å². The summed E-state index contributed by atoms with van der Waals surface area (Å²) in [5.41, 5.74) is 0.960. The number of aromatic nitrogens is 3. The van der Waals surface area contributed by atoms with E-state index in [9.17, 15) is 9.59 Å². The molecule has 0 fully saturated rings. The Morgan fingerprint density at radius 2 is 2.00 bits per heavy atom. The Bertz CT molecular complexity index is 667. The monoisotopic (exact) mass is 352 g/mol. The number of hydrogen-bond acceptors (Lipinski definition) is 4. The molecule has 0 saturated heterocycles. The van der Waals surface area contributed by atoms with Crippen LogP contribution in [0.4, 0.5) is 5.69 Å². The van der Waals surface area contributed by atoms with Crippen LogP contribution in [0.5, 0.6) is 0 Å². The summed E-state index contributed by atoms with van der Waals surface area (Å²) < 4.78 is 2.22. The molecular weight excluding hydrogens is 340 g/mol. The fraction of sp³-hybridized carbons (Fsp3) is 0.231. The number of carboxylic acid groups (broad SMARTS) is 1. The number of amides is 1. The van der Waals surface area contributed by atoms with Gasteiger partial charge in [-0.2, -0.15) is 0 Å². The average molecular weight is 353 g/mol. The van der Waals surface area contributed by atoms with Crippen LogP contribution in [0.25, 0.3) is 0 Å². The van der Waals surface area contributed by atoms with Crippen LogP contribution in [0.1, 0.15) is 23.1 Å². The van der Waals surface area contributed by atoms with Crippen molar-refractivity contribution in [2.24, 2.45) is 0 Å². The van der Waals surface area contributed by atoms with Gasteiger partial charge in [0.1, 0.15) is 6.54 Å². The van der Waals surface area contributed by atoms with Gasteiger partial charge in [-0.1, -0.05) is 28.1 Å². The molecule has 1 aromatic heterocycles. The van der Waals surface area contributed by atoms with E-state index < -0.39 is 5.97 Å². The van der Waals surface area contributed by atoms with Gasteiger partial charge in [-0.05, 0) is 30.7 Å². The highest BCUT2D eigenvalue weighted by Gasteiger charge is 2.18. The number of aromatic carboxylic acids is 1. The molecule has 0 unspecified atom stereocenters. The zero-order valence-corrected chi connectivity index (χ0v) is 12.8. The van der Waals surface area contributed by atoms with Gasteiger partial charge in [0.05, 0.1) is 5.69 Å². The molecule has 2 rings (SSSR count). The molecule has 0 aliphatic carbocycles. The Morgan fingerprint density at radius 3 is 2.57 bits per heavy atom. The lowest BCUT2D eigenvalue weighted by atomic mass is 10.2. The predicted octanol–water partition coefficient (Wildman–Crippen LogP) is 1.94. The molecule has 1 heterocycles. The fourth-order valence-corrected chi connectivity index (χ4v) is 2.11.